The highest BCUT2D eigenvalue weighted by Crippen LogP contribution is 2.33. The van der Waals surface area contributed by atoms with Crippen LogP contribution in [-0.4, -0.2) is 34.7 Å². The van der Waals surface area contributed by atoms with Crippen LogP contribution in [0.4, 0.5) is 4.39 Å². The van der Waals surface area contributed by atoms with Crippen LogP contribution in [-0.2, 0) is 0 Å². The smallest absolute Gasteiger partial charge is 0.123 e. The fourth-order valence-corrected chi connectivity index (χ4v) is 4.22. The number of nitrogens with zero attached hydrogens (tertiary/aromatic N) is 2. The van der Waals surface area contributed by atoms with Crippen LogP contribution in [0, 0.1) is 5.82 Å². The summed E-state index contributed by atoms with van der Waals surface area (Å²) in [5.41, 5.74) is 4.45. The number of halogens is 1. The van der Waals surface area contributed by atoms with Crippen LogP contribution in [0.15, 0.2) is 60.8 Å². The summed E-state index contributed by atoms with van der Waals surface area (Å²) in [6.45, 7) is 5.51. The lowest BCUT2D eigenvalue weighted by atomic mass is 9.89. The highest BCUT2D eigenvalue weighted by atomic mass is 19.1. The molecule has 1 aliphatic rings. The van der Waals surface area contributed by atoms with Crippen molar-refractivity contribution in [2.75, 3.05) is 19.6 Å². The highest BCUT2D eigenvalue weighted by Gasteiger charge is 2.26. The van der Waals surface area contributed by atoms with Gasteiger partial charge >= 0.3 is 0 Å². The summed E-state index contributed by atoms with van der Waals surface area (Å²) >= 11 is 0. The second-order valence-corrected chi connectivity index (χ2v) is 7.62. The van der Waals surface area contributed by atoms with E-state index >= 15 is 0 Å². The van der Waals surface area contributed by atoms with Gasteiger partial charge in [-0.05, 0) is 48.6 Å². The number of aromatic amines is 1. The van der Waals surface area contributed by atoms with Crippen molar-refractivity contribution >= 4 is 0 Å². The normalized spacial score (nSPS) is 19.1. The minimum atomic E-state index is -0.207. The lowest BCUT2D eigenvalue weighted by Gasteiger charge is -2.34. The van der Waals surface area contributed by atoms with Crippen molar-refractivity contribution in [1.29, 1.82) is 0 Å². The Morgan fingerprint density at radius 3 is 2.85 bits per heavy atom. The summed E-state index contributed by atoms with van der Waals surface area (Å²) in [5.74, 6) is 0.707. The number of piperidine rings is 1. The minimum absolute atomic E-state index is 0.207. The first-order valence-corrected chi connectivity index (χ1v) is 9.77. The van der Waals surface area contributed by atoms with Crippen molar-refractivity contribution in [3.8, 4) is 11.1 Å². The van der Waals surface area contributed by atoms with Crippen LogP contribution in [0.1, 0.15) is 42.9 Å². The molecule has 4 heteroatoms. The van der Waals surface area contributed by atoms with Crippen LogP contribution in [0.2, 0.25) is 0 Å². The zero-order valence-electron chi connectivity index (χ0n) is 15.7. The third-order valence-corrected chi connectivity index (χ3v) is 5.62. The molecule has 0 aliphatic carbocycles. The van der Waals surface area contributed by atoms with Gasteiger partial charge in [0.2, 0.25) is 0 Å². The van der Waals surface area contributed by atoms with Gasteiger partial charge in [0.15, 0.2) is 0 Å². The molecule has 0 radical (unpaired) electrons. The molecular weight excluding hydrogens is 337 g/mol. The second-order valence-electron chi connectivity index (χ2n) is 7.62. The van der Waals surface area contributed by atoms with Gasteiger partial charge < -0.3 is 4.90 Å². The summed E-state index contributed by atoms with van der Waals surface area (Å²) in [5, 5.41) is 7.47. The molecule has 3 aromatic rings. The number of aromatic nitrogens is 2. The number of likely N-dealkylation sites (tertiary alicyclic amines) is 1. The van der Waals surface area contributed by atoms with Gasteiger partial charge in [-0.3, -0.25) is 5.10 Å². The predicted molar refractivity (Wildman–Crippen MR) is 107 cm³/mol. The van der Waals surface area contributed by atoms with Gasteiger partial charge in [-0.25, -0.2) is 4.39 Å². The first-order chi connectivity index (χ1) is 13.2. The molecule has 2 aromatic carbocycles. The van der Waals surface area contributed by atoms with E-state index in [9.17, 15) is 4.39 Å². The van der Waals surface area contributed by atoms with E-state index in [1.165, 1.54) is 18.1 Å². The molecule has 0 amide bonds. The fraction of sp³-hybridized carbons (Fsp3) is 0.348. The molecule has 140 valence electrons. The Bertz CT molecular complexity index is 874. The van der Waals surface area contributed by atoms with Crippen LogP contribution in [0.3, 0.4) is 0 Å². The Morgan fingerprint density at radius 1 is 1.19 bits per heavy atom. The van der Waals surface area contributed by atoms with Crippen molar-refractivity contribution in [3.63, 3.8) is 0 Å². The van der Waals surface area contributed by atoms with Crippen LogP contribution >= 0.6 is 0 Å². The van der Waals surface area contributed by atoms with E-state index in [-0.39, 0.29) is 5.82 Å². The van der Waals surface area contributed by atoms with Crippen LogP contribution in [0.5, 0.6) is 0 Å². The first-order valence-electron chi connectivity index (χ1n) is 9.77. The average molecular weight is 363 g/mol. The Balaban J connectivity index is 1.49. The van der Waals surface area contributed by atoms with Gasteiger partial charge in [-0.1, -0.05) is 49.4 Å². The molecule has 2 heterocycles. The number of rotatable bonds is 5. The molecule has 1 N–H and O–H groups in total. The van der Waals surface area contributed by atoms with Gasteiger partial charge in [0.1, 0.15) is 5.82 Å². The van der Waals surface area contributed by atoms with Crippen molar-refractivity contribution in [3.05, 3.63) is 77.9 Å². The molecule has 0 saturated carbocycles. The van der Waals surface area contributed by atoms with Gasteiger partial charge in [0, 0.05) is 30.3 Å². The average Bonchev–Trinajstić information content (AvgIpc) is 3.19. The summed E-state index contributed by atoms with van der Waals surface area (Å²) < 4.78 is 13.7. The van der Waals surface area contributed by atoms with Gasteiger partial charge in [-0.15, -0.1) is 0 Å². The minimum Gasteiger partial charge on any atom is -0.302 e. The second kappa shape index (κ2) is 8.05. The molecule has 0 bridgehead atoms. The van der Waals surface area contributed by atoms with Crippen LogP contribution in [0.25, 0.3) is 11.1 Å². The summed E-state index contributed by atoms with van der Waals surface area (Å²) in [6.07, 6.45) is 4.14. The number of hydrogen-bond acceptors (Lipinski definition) is 2. The van der Waals surface area contributed by atoms with E-state index in [1.807, 2.05) is 12.3 Å². The van der Waals surface area contributed by atoms with E-state index in [2.05, 4.69) is 52.4 Å². The SMILES string of the molecule is CC(CN1CCCC(c2[nH]ncc2-c2cccc(F)c2)C1)c1ccccc1. The lowest BCUT2D eigenvalue weighted by Crippen LogP contribution is -2.37. The Kier molecular flexibility index (Phi) is 5.35. The van der Waals surface area contributed by atoms with Crippen molar-refractivity contribution in [2.45, 2.75) is 31.6 Å². The van der Waals surface area contributed by atoms with Gasteiger partial charge in [0.05, 0.1) is 6.20 Å². The van der Waals surface area contributed by atoms with E-state index in [4.69, 9.17) is 0 Å². The molecule has 4 rings (SSSR count). The van der Waals surface area contributed by atoms with Crippen molar-refractivity contribution < 1.29 is 4.39 Å². The molecule has 27 heavy (non-hydrogen) atoms. The van der Waals surface area contributed by atoms with Crippen molar-refractivity contribution in [2.24, 2.45) is 0 Å². The molecule has 1 aromatic heterocycles. The maximum Gasteiger partial charge on any atom is 0.123 e. The lowest BCUT2D eigenvalue weighted by molar-refractivity contribution is 0.197. The quantitative estimate of drug-likeness (QED) is 0.676. The number of hydrogen-bond donors (Lipinski definition) is 1. The zero-order chi connectivity index (χ0) is 18.6. The molecule has 3 nitrogen and oxygen atoms in total. The molecule has 0 spiro atoms. The summed E-state index contributed by atoms with van der Waals surface area (Å²) in [7, 11) is 0. The Hall–Kier alpha value is -2.46. The maximum absolute atomic E-state index is 13.7. The largest absolute Gasteiger partial charge is 0.302 e. The fourth-order valence-electron chi connectivity index (χ4n) is 4.22. The summed E-state index contributed by atoms with van der Waals surface area (Å²) in [6, 6.07) is 17.5. The van der Waals surface area contributed by atoms with Gasteiger partial charge in [0.25, 0.3) is 0 Å². The van der Waals surface area contributed by atoms with Crippen LogP contribution < -0.4 is 0 Å². The molecule has 2 atom stereocenters. The first kappa shape index (κ1) is 17.9. The topological polar surface area (TPSA) is 31.9 Å². The van der Waals surface area contributed by atoms with E-state index in [0.29, 0.717) is 11.8 Å². The highest BCUT2D eigenvalue weighted by molar-refractivity contribution is 5.65. The monoisotopic (exact) mass is 363 g/mol. The van der Waals surface area contributed by atoms with E-state index < -0.39 is 0 Å². The molecule has 1 aliphatic heterocycles. The van der Waals surface area contributed by atoms with E-state index in [0.717, 1.165) is 42.9 Å². The number of H-pyrrole nitrogens is 1. The Labute approximate surface area is 160 Å². The van der Waals surface area contributed by atoms with E-state index in [1.54, 1.807) is 12.1 Å². The molecule has 2 unspecified atom stereocenters. The molecule has 1 fully saturated rings. The molecule has 1 saturated heterocycles. The maximum atomic E-state index is 13.7. The zero-order valence-corrected chi connectivity index (χ0v) is 15.7. The Morgan fingerprint density at radius 2 is 2.04 bits per heavy atom. The number of nitrogens with one attached hydrogen (secondary N) is 1. The molecular formula is C23H26FN3. The van der Waals surface area contributed by atoms with Gasteiger partial charge in [-0.2, -0.15) is 5.10 Å². The number of benzene rings is 2. The predicted octanol–water partition coefficient (Wildman–Crippen LogP) is 5.20. The summed E-state index contributed by atoms with van der Waals surface area (Å²) in [4.78, 5) is 2.56. The third-order valence-electron chi connectivity index (χ3n) is 5.62. The van der Waals surface area contributed by atoms with Crippen molar-refractivity contribution in [1.82, 2.24) is 15.1 Å². The third kappa shape index (κ3) is 4.11. The standard InChI is InChI=1S/C23H26FN3/c1-17(18-7-3-2-4-8-18)15-27-12-6-10-20(16-27)23-22(14-25-26-23)19-9-5-11-21(24)13-19/h2-5,7-9,11,13-14,17,20H,6,10,12,15-16H2,1H3,(H,25,26).